The van der Waals surface area contributed by atoms with E-state index in [1.807, 2.05) is 6.08 Å². The number of rotatable bonds is 5. The van der Waals surface area contributed by atoms with Gasteiger partial charge >= 0.3 is 5.97 Å². The van der Waals surface area contributed by atoms with Crippen molar-refractivity contribution in [2.45, 2.75) is 39.0 Å². The van der Waals surface area contributed by atoms with Gasteiger partial charge in [-0.15, -0.1) is 0 Å². The van der Waals surface area contributed by atoms with Crippen LogP contribution >= 0.6 is 0 Å². The SMILES string of the molecule is CCCCC#CC1=CC(C(=O)NCC(=O)OC)=CCC1. The largest absolute Gasteiger partial charge is 0.468 e. The number of methoxy groups -OCH3 is 1. The van der Waals surface area contributed by atoms with Crippen molar-refractivity contribution in [1.82, 2.24) is 5.32 Å². The minimum Gasteiger partial charge on any atom is -0.468 e. The lowest BCUT2D eigenvalue weighted by molar-refractivity contribution is -0.140. The number of unbranched alkanes of at least 4 members (excludes halogenated alkanes) is 2. The summed E-state index contributed by atoms with van der Waals surface area (Å²) in [6.45, 7) is 2.02. The molecule has 0 fully saturated rings. The molecule has 1 rings (SSSR count). The first-order valence-electron chi connectivity index (χ1n) is 6.92. The first-order valence-corrected chi connectivity index (χ1v) is 6.92. The summed E-state index contributed by atoms with van der Waals surface area (Å²) in [5, 5.41) is 2.53. The lowest BCUT2D eigenvalue weighted by atomic mass is 9.99. The second-order valence-electron chi connectivity index (χ2n) is 4.53. The van der Waals surface area contributed by atoms with E-state index in [2.05, 4.69) is 28.8 Å². The Morgan fingerprint density at radius 1 is 1.45 bits per heavy atom. The Balaban J connectivity index is 2.55. The summed E-state index contributed by atoms with van der Waals surface area (Å²) in [5.74, 6) is 5.52. The van der Waals surface area contributed by atoms with Gasteiger partial charge in [0.1, 0.15) is 6.54 Å². The van der Waals surface area contributed by atoms with Crippen molar-refractivity contribution in [1.29, 1.82) is 0 Å². The maximum Gasteiger partial charge on any atom is 0.325 e. The molecular weight excluding hydrogens is 254 g/mol. The first-order chi connectivity index (χ1) is 9.67. The predicted octanol–water partition coefficient (Wildman–Crippen LogP) is 2.12. The van der Waals surface area contributed by atoms with E-state index in [4.69, 9.17) is 0 Å². The number of ether oxygens (including phenoxy) is 1. The fourth-order valence-corrected chi connectivity index (χ4v) is 1.73. The number of allylic oxidation sites excluding steroid dienone is 2. The zero-order valence-electron chi connectivity index (χ0n) is 12.1. The van der Waals surface area contributed by atoms with Crippen LogP contribution in [0, 0.1) is 11.8 Å². The summed E-state index contributed by atoms with van der Waals surface area (Å²) in [7, 11) is 1.29. The molecule has 108 valence electrons. The number of esters is 1. The quantitative estimate of drug-likeness (QED) is 0.475. The normalized spacial score (nSPS) is 13.5. The van der Waals surface area contributed by atoms with Gasteiger partial charge in [0.2, 0.25) is 0 Å². The summed E-state index contributed by atoms with van der Waals surface area (Å²) in [6, 6.07) is 0. The Morgan fingerprint density at radius 3 is 2.95 bits per heavy atom. The van der Waals surface area contributed by atoms with E-state index in [-0.39, 0.29) is 12.5 Å². The van der Waals surface area contributed by atoms with Gasteiger partial charge in [0, 0.05) is 17.6 Å². The second kappa shape index (κ2) is 8.98. The van der Waals surface area contributed by atoms with E-state index < -0.39 is 5.97 Å². The van der Waals surface area contributed by atoms with E-state index >= 15 is 0 Å². The molecule has 0 aliphatic heterocycles. The summed E-state index contributed by atoms with van der Waals surface area (Å²) < 4.78 is 4.47. The van der Waals surface area contributed by atoms with Crippen LogP contribution in [0.15, 0.2) is 23.3 Å². The molecule has 0 bridgehead atoms. The van der Waals surface area contributed by atoms with Gasteiger partial charge < -0.3 is 10.1 Å². The van der Waals surface area contributed by atoms with Crippen LogP contribution in [0.25, 0.3) is 0 Å². The van der Waals surface area contributed by atoms with Gasteiger partial charge in [-0.3, -0.25) is 9.59 Å². The zero-order chi connectivity index (χ0) is 14.8. The van der Waals surface area contributed by atoms with Crippen LogP contribution in [0.3, 0.4) is 0 Å². The Kier molecular flexibility index (Phi) is 7.20. The highest BCUT2D eigenvalue weighted by Gasteiger charge is 2.12. The topological polar surface area (TPSA) is 55.4 Å². The molecule has 0 atom stereocenters. The number of carbonyl (C=O) groups excluding carboxylic acids is 2. The zero-order valence-corrected chi connectivity index (χ0v) is 12.1. The van der Waals surface area contributed by atoms with Gasteiger partial charge in [-0.1, -0.05) is 31.3 Å². The van der Waals surface area contributed by atoms with Crippen LogP contribution in [-0.4, -0.2) is 25.5 Å². The molecule has 1 aliphatic rings. The lowest BCUT2D eigenvalue weighted by Crippen LogP contribution is -2.31. The van der Waals surface area contributed by atoms with Crippen LogP contribution < -0.4 is 5.32 Å². The van der Waals surface area contributed by atoms with E-state index in [1.54, 1.807) is 6.08 Å². The molecule has 0 aromatic rings. The smallest absolute Gasteiger partial charge is 0.325 e. The van der Waals surface area contributed by atoms with Gasteiger partial charge in [0.05, 0.1) is 7.11 Å². The van der Waals surface area contributed by atoms with Crippen LogP contribution in [0.1, 0.15) is 39.0 Å². The van der Waals surface area contributed by atoms with Gasteiger partial charge in [0.25, 0.3) is 5.91 Å². The molecule has 0 radical (unpaired) electrons. The van der Waals surface area contributed by atoms with Crippen LogP contribution in [0.2, 0.25) is 0 Å². The maximum atomic E-state index is 11.9. The Bertz CT molecular complexity index is 478. The molecule has 0 aromatic heterocycles. The monoisotopic (exact) mass is 275 g/mol. The third kappa shape index (κ3) is 5.75. The standard InChI is InChI=1S/C16H21NO3/c1-3-4-5-6-8-13-9-7-10-14(11-13)16(19)17-12-15(18)20-2/h10-11H,3-5,7,9,12H2,1-2H3,(H,17,19). The molecule has 0 saturated carbocycles. The summed E-state index contributed by atoms with van der Waals surface area (Å²) in [6.07, 6.45) is 8.46. The highest BCUT2D eigenvalue weighted by molar-refractivity contribution is 5.98. The number of nitrogens with one attached hydrogen (secondary N) is 1. The molecule has 1 amide bonds. The molecule has 4 heteroatoms. The van der Waals surface area contributed by atoms with Gasteiger partial charge in [-0.2, -0.15) is 0 Å². The average molecular weight is 275 g/mol. The third-order valence-corrected chi connectivity index (χ3v) is 2.90. The lowest BCUT2D eigenvalue weighted by Gasteiger charge is -2.10. The minimum absolute atomic E-state index is 0.113. The molecule has 0 saturated heterocycles. The van der Waals surface area contributed by atoms with Crippen molar-refractivity contribution in [3.63, 3.8) is 0 Å². The van der Waals surface area contributed by atoms with Crippen LogP contribution in [-0.2, 0) is 14.3 Å². The first kappa shape index (κ1) is 16.0. The summed E-state index contributed by atoms with van der Waals surface area (Å²) in [4.78, 5) is 22.8. The molecule has 0 aromatic carbocycles. The third-order valence-electron chi connectivity index (χ3n) is 2.90. The summed E-state index contributed by atoms with van der Waals surface area (Å²) >= 11 is 0. The molecule has 1 N–H and O–H groups in total. The number of hydrogen-bond donors (Lipinski definition) is 1. The van der Waals surface area contributed by atoms with Crippen molar-refractivity contribution in [3.8, 4) is 11.8 Å². The molecule has 0 unspecified atom stereocenters. The maximum absolute atomic E-state index is 11.9. The van der Waals surface area contributed by atoms with Gasteiger partial charge in [0.15, 0.2) is 0 Å². The van der Waals surface area contributed by atoms with Crippen molar-refractivity contribution in [2.75, 3.05) is 13.7 Å². The molecule has 20 heavy (non-hydrogen) atoms. The number of hydrogen-bond acceptors (Lipinski definition) is 3. The van der Waals surface area contributed by atoms with Crippen molar-refractivity contribution in [3.05, 3.63) is 23.3 Å². The van der Waals surface area contributed by atoms with Crippen LogP contribution in [0.5, 0.6) is 0 Å². The minimum atomic E-state index is -0.460. The van der Waals surface area contributed by atoms with Crippen LogP contribution in [0.4, 0.5) is 0 Å². The molecular formula is C16H21NO3. The van der Waals surface area contributed by atoms with E-state index in [1.165, 1.54) is 7.11 Å². The van der Waals surface area contributed by atoms with Crippen molar-refractivity contribution >= 4 is 11.9 Å². The summed E-state index contributed by atoms with van der Waals surface area (Å²) in [5.41, 5.74) is 1.55. The fourth-order valence-electron chi connectivity index (χ4n) is 1.73. The van der Waals surface area contributed by atoms with Crippen molar-refractivity contribution < 1.29 is 14.3 Å². The Hall–Kier alpha value is -2.02. The predicted molar refractivity (Wildman–Crippen MR) is 77.7 cm³/mol. The van der Waals surface area contributed by atoms with Gasteiger partial charge in [-0.05, 0) is 25.3 Å². The average Bonchev–Trinajstić information content (AvgIpc) is 2.49. The molecule has 0 spiro atoms. The number of carbonyl (C=O) groups is 2. The Morgan fingerprint density at radius 2 is 2.25 bits per heavy atom. The molecule has 0 heterocycles. The number of amides is 1. The molecule has 4 nitrogen and oxygen atoms in total. The van der Waals surface area contributed by atoms with E-state index in [9.17, 15) is 9.59 Å². The highest BCUT2D eigenvalue weighted by Crippen LogP contribution is 2.16. The fraction of sp³-hybridized carbons (Fsp3) is 0.500. The second-order valence-corrected chi connectivity index (χ2v) is 4.53. The van der Waals surface area contributed by atoms with Gasteiger partial charge in [-0.25, -0.2) is 0 Å². The molecule has 1 aliphatic carbocycles. The van der Waals surface area contributed by atoms with E-state index in [0.717, 1.165) is 37.7 Å². The highest BCUT2D eigenvalue weighted by atomic mass is 16.5. The van der Waals surface area contributed by atoms with E-state index in [0.29, 0.717) is 5.57 Å². The Labute approximate surface area is 120 Å². The van der Waals surface area contributed by atoms with Crippen molar-refractivity contribution in [2.24, 2.45) is 0 Å².